The van der Waals surface area contributed by atoms with Crippen LogP contribution in [0.25, 0.3) is 6.08 Å². The molecule has 0 N–H and O–H groups in total. The molecule has 3 heteroatoms. The summed E-state index contributed by atoms with van der Waals surface area (Å²) in [7, 11) is 0. The van der Waals surface area contributed by atoms with E-state index < -0.39 is 0 Å². The predicted octanol–water partition coefficient (Wildman–Crippen LogP) is 2.47. The van der Waals surface area contributed by atoms with Gasteiger partial charge >= 0.3 is 0 Å². The van der Waals surface area contributed by atoms with Crippen molar-refractivity contribution in [3.8, 4) is 6.07 Å². The topological polar surface area (TPSA) is 41.6 Å². The van der Waals surface area contributed by atoms with Crippen molar-refractivity contribution in [3.05, 3.63) is 60.2 Å². The van der Waals surface area contributed by atoms with Gasteiger partial charge in [-0.15, -0.1) is 0 Å². The van der Waals surface area contributed by atoms with E-state index >= 15 is 0 Å². The average Bonchev–Trinajstić information content (AvgIpc) is 2.78. The molecule has 0 spiro atoms. The maximum absolute atomic E-state index is 8.77. The van der Waals surface area contributed by atoms with E-state index in [2.05, 4.69) is 4.98 Å². The van der Waals surface area contributed by atoms with Crippen LogP contribution in [0, 0.1) is 11.3 Å². The first-order valence-electron chi connectivity index (χ1n) is 5.03. The number of rotatable bonds is 3. The Morgan fingerprint density at radius 3 is 2.88 bits per heavy atom. The number of benzene rings is 1. The monoisotopic (exact) mass is 209 g/mol. The van der Waals surface area contributed by atoms with E-state index in [9.17, 15) is 0 Å². The van der Waals surface area contributed by atoms with Crippen LogP contribution in [0.2, 0.25) is 0 Å². The van der Waals surface area contributed by atoms with E-state index in [1.165, 1.54) is 0 Å². The Kier molecular flexibility index (Phi) is 3.15. The molecule has 16 heavy (non-hydrogen) atoms. The molecule has 0 fully saturated rings. The fraction of sp³-hybridized carbons (Fsp3) is 0.0769. The van der Waals surface area contributed by atoms with Gasteiger partial charge in [0.1, 0.15) is 6.07 Å². The van der Waals surface area contributed by atoms with Gasteiger partial charge in [-0.1, -0.05) is 42.5 Å². The van der Waals surface area contributed by atoms with Crippen molar-refractivity contribution >= 4 is 6.08 Å². The number of hydrogen-bond acceptors (Lipinski definition) is 2. The summed E-state index contributed by atoms with van der Waals surface area (Å²) in [5.41, 5.74) is 1.15. The molecule has 0 atom stereocenters. The SMILES string of the molecule is N#Cc1nccn1C/C=C\c1ccccc1. The lowest BCUT2D eigenvalue weighted by Crippen LogP contribution is -1.96. The first-order valence-corrected chi connectivity index (χ1v) is 5.03. The Morgan fingerprint density at radius 1 is 1.31 bits per heavy atom. The molecule has 0 aliphatic heterocycles. The lowest BCUT2D eigenvalue weighted by Gasteiger charge is -1.97. The van der Waals surface area contributed by atoms with Crippen LogP contribution in [0.5, 0.6) is 0 Å². The highest BCUT2D eigenvalue weighted by molar-refractivity contribution is 5.48. The van der Waals surface area contributed by atoms with Crippen LogP contribution in [0.3, 0.4) is 0 Å². The minimum atomic E-state index is 0.442. The van der Waals surface area contributed by atoms with Gasteiger partial charge in [0.15, 0.2) is 0 Å². The second-order valence-corrected chi connectivity index (χ2v) is 3.33. The standard InChI is InChI=1S/C13H11N3/c14-11-13-15-8-10-16(13)9-4-7-12-5-2-1-3-6-12/h1-8,10H,9H2/b7-4-. The second kappa shape index (κ2) is 4.94. The minimum absolute atomic E-state index is 0.442. The molecule has 0 saturated carbocycles. The largest absolute Gasteiger partial charge is 0.319 e. The van der Waals surface area contributed by atoms with Crippen molar-refractivity contribution < 1.29 is 0 Å². The molecule has 0 unspecified atom stereocenters. The normalized spacial score (nSPS) is 10.4. The second-order valence-electron chi connectivity index (χ2n) is 3.33. The predicted molar refractivity (Wildman–Crippen MR) is 62.4 cm³/mol. The fourth-order valence-corrected chi connectivity index (χ4v) is 1.44. The van der Waals surface area contributed by atoms with Gasteiger partial charge in [0.2, 0.25) is 5.82 Å². The van der Waals surface area contributed by atoms with Crippen LogP contribution in [-0.4, -0.2) is 9.55 Å². The third kappa shape index (κ3) is 2.37. The van der Waals surface area contributed by atoms with Crippen LogP contribution in [0.1, 0.15) is 11.4 Å². The van der Waals surface area contributed by atoms with Gasteiger partial charge in [-0.3, -0.25) is 0 Å². The summed E-state index contributed by atoms with van der Waals surface area (Å²) in [4.78, 5) is 3.93. The first-order chi connectivity index (χ1) is 7.90. The maximum atomic E-state index is 8.77. The van der Waals surface area contributed by atoms with Crippen molar-refractivity contribution in [2.45, 2.75) is 6.54 Å². The zero-order valence-electron chi connectivity index (χ0n) is 8.74. The minimum Gasteiger partial charge on any atom is -0.319 e. The van der Waals surface area contributed by atoms with Crippen molar-refractivity contribution in [1.29, 1.82) is 5.26 Å². The molecular weight excluding hydrogens is 198 g/mol. The van der Waals surface area contributed by atoms with Gasteiger partial charge < -0.3 is 4.57 Å². The van der Waals surface area contributed by atoms with Crippen molar-refractivity contribution in [2.24, 2.45) is 0 Å². The molecule has 0 saturated heterocycles. The highest BCUT2D eigenvalue weighted by Gasteiger charge is 1.97. The molecule has 1 aromatic heterocycles. The van der Waals surface area contributed by atoms with E-state index in [4.69, 9.17) is 5.26 Å². The molecule has 0 aliphatic rings. The maximum Gasteiger partial charge on any atom is 0.213 e. The summed E-state index contributed by atoms with van der Waals surface area (Å²) in [6.07, 6.45) is 7.47. The summed E-state index contributed by atoms with van der Waals surface area (Å²) in [5, 5.41) is 8.77. The zero-order chi connectivity index (χ0) is 11.2. The smallest absolute Gasteiger partial charge is 0.213 e. The molecule has 1 heterocycles. The molecular formula is C13H11N3. The van der Waals surface area contributed by atoms with E-state index in [-0.39, 0.29) is 0 Å². The third-order valence-electron chi connectivity index (χ3n) is 2.23. The van der Waals surface area contributed by atoms with Gasteiger partial charge in [0.05, 0.1) is 0 Å². The van der Waals surface area contributed by atoms with Gasteiger partial charge in [-0.2, -0.15) is 5.26 Å². The van der Waals surface area contributed by atoms with Gasteiger partial charge in [-0.25, -0.2) is 4.98 Å². The summed E-state index contributed by atoms with van der Waals surface area (Å²) < 4.78 is 1.80. The number of hydrogen-bond donors (Lipinski definition) is 0. The lowest BCUT2D eigenvalue weighted by atomic mass is 10.2. The van der Waals surface area contributed by atoms with Crippen LogP contribution >= 0.6 is 0 Å². The molecule has 0 amide bonds. The van der Waals surface area contributed by atoms with Crippen molar-refractivity contribution in [1.82, 2.24) is 9.55 Å². The zero-order valence-corrected chi connectivity index (χ0v) is 8.74. The Labute approximate surface area is 94.3 Å². The number of nitrogens with zero attached hydrogens (tertiary/aromatic N) is 3. The molecule has 0 bridgehead atoms. The van der Waals surface area contributed by atoms with Crippen LogP contribution in [-0.2, 0) is 6.54 Å². The molecule has 2 aromatic rings. The van der Waals surface area contributed by atoms with Crippen LogP contribution < -0.4 is 0 Å². The first kappa shape index (κ1) is 10.2. The Balaban J connectivity index is 2.03. The Bertz CT molecular complexity index is 518. The highest BCUT2D eigenvalue weighted by Crippen LogP contribution is 2.02. The molecule has 3 nitrogen and oxygen atoms in total. The molecule has 2 rings (SSSR count). The molecule has 1 aromatic carbocycles. The molecule has 0 radical (unpaired) electrons. The highest BCUT2D eigenvalue weighted by atomic mass is 15.0. The number of nitriles is 1. The Hall–Kier alpha value is -2.34. The van der Waals surface area contributed by atoms with E-state index in [1.54, 1.807) is 17.0 Å². The van der Waals surface area contributed by atoms with E-state index in [0.29, 0.717) is 12.4 Å². The lowest BCUT2D eigenvalue weighted by molar-refractivity contribution is 0.806. The third-order valence-corrected chi connectivity index (χ3v) is 2.23. The number of aromatic nitrogens is 2. The number of imidazole rings is 1. The van der Waals surface area contributed by atoms with E-state index in [1.807, 2.05) is 48.6 Å². The quantitative estimate of drug-likeness (QED) is 0.779. The fourth-order valence-electron chi connectivity index (χ4n) is 1.44. The van der Waals surface area contributed by atoms with Crippen LogP contribution in [0.15, 0.2) is 48.8 Å². The summed E-state index contributed by atoms with van der Waals surface area (Å²) in [6, 6.07) is 12.1. The summed E-state index contributed by atoms with van der Waals surface area (Å²) in [6.45, 7) is 0.664. The Morgan fingerprint density at radius 2 is 2.12 bits per heavy atom. The van der Waals surface area contributed by atoms with E-state index in [0.717, 1.165) is 5.56 Å². The average molecular weight is 209 g/mol. The van der Waals surface area contributed by atoms with Gasteiger partial charge in [0.25, 0.3) is 0 Å². The number of allylic oxidation sites excluding steroid dienone is 1. The van der Waals surface area contributed by atoms with Gasteiger partial charge in [-0.05, 0) is 5.56 Å². The molecule has 78 valence electrons. The molecule has 0 aliphatic carbocycles. The van der Waals surface area contributed by atoms with Gasteiger partial charge in [0, 0.05) is 18.9 Å². The summed E-state index contributed by atoms with van der Waals surface area (Å²) >= 11 is 0. The van der Waals surface area contributed by atoms with Crippen molar-refractivity contribution in [2.75, 3.05) is 0 Å². The van der Waals surface area contributed by atoms with Crippen LogP contribution in [0.4, 0.5) is 0 Å². The van der Waals surface area contributed by atoms with Crippen molar-refractivity contribution in [3.63, 3.8) is 0 Å². The summed E-state index contributed by atoms with van der Waals surface area (Å²) in [5.74, 6) is 0.442.